The van der Waals surface area contributed by atoms with Gasteiger partial charge in [-0.2, -0.15) is 5.10 Å². The van der Waals surface area contributed by atoms with Gasteiger partial charge >= 0.3 is 11.8 Å². The molecule has 0 aliphatic carbocycles. The van der Waals surface area contributed by atoms with Gasteiger partial charge in [-0.05, 0) is 54.6 Å². The first-order valence-corrected chi connectivity index (χ1v) is 10.9. The largest absolute Gasteiger partial charge is 0.497 e. The Labute approximate surface area is 211 Å². The molecule has 0 unspecified atom stereocenters. The molecule has 0 atom stereocenters. The van der Waals surface area contributed by atoms with Crippen molar-refractivity contribution in [1.82, 2.24) is 5.43 Å². The third-order valence-electron chi connectivity index (χ3n) is 4.40. The molecule has 3 aromatic carbocycles. The normalized spacial score (nSPS) is 10.5. The Morgan fingerprint density at radius 3 is 2.31 bits per heavy atom. The molecular weight excluding hydrogens is 495 g/mol. The van der Waals surface area contributed by atoms with Crippen LogP contribution in [0.5, 0.6) is 11.5 Å². The molecule has 0 fully saturated rings. The van der Waals surface area contributed by atoms with Crippen molar-refractivity contribution in [3.63, 3.8) is 0 Å². The minimum Gasteiger partial charge on any atom is -0.497 e. The van der Waals surface area contributed by atoms with Crippen molar-refractivity contribution in [1.29, 1.82) is 0 Å². The average Bonchev–Trinajstić information content (AvgIpc) is 2.86. The van der Waals surface area contributed by atoms with E-state index in [0.29, 0.717) is 38.5 Å². The highest BCUT2D eigenvalue weighted by Gasteiger charge is 2.13. The summed E-state index contributed by atoms with van der Waals surface area (Å²) in [6.07, 6.45) is 1.30. The van der Waals surface area contributed by atoms with Crippen molar-refractivity contribution < 1.29 is 23.9 Å². The van der Waals surface area contributed by atoms with Crippen molar-refractivity contribution in [2.45, 2.75) is 0 Å². The summed E-state index contributed by atoms with van der Waals surface area (Å²) in [4.78, 5) is 36.2. The molecule has 3 N–H and O–H groups in total. The Balaban J connectivity index is 1.52. The first-order valence-electron chi connectivity index (χ1n) is 10.1. The molecule has 180 valence electrons. The number of halogens is 2. The zero-order valence-corrected chi connectivity index (χ0v) is 19.9. The molecule has 0 aliphatic heterocycles. The summed E-state index contributed by atoms with van der Waals surface area (Å²) in [5, 5.41) is 9.57. The number of methoxy groups -OCH3 is 1. The molecule has 3 aromatic rings. The zero-order chi connectivity index (χ0) is 25.2. The molecule has 0 spiro atoms. The van der Waals surface area contributed by atoms with Crippen LogP contribution in [0.15, 0.2) is 71.8 Å². The lowest BCUT2D eigenvalue weighted by Crippen LogP contribution is -2.32. The molecule has 0 saturated carbocycles. The van der Waals surface area contributed by atoms with E-state index < -0.39 is 17.7 Å². The number of rotatable bonds is 8. The fourth-order valence-electron chi connectivity index (χ4n) is 2.71. The number of benzene rings is 3. The molecule has 0 aliphatic rings. The molecule has 0 heterocycles. The van der Waals surface area contributed by atoms with Crippen LogP contribution in [0.25, 0.3) is 0 Å². The van der Waals surface area contributed by atoms with Gasteiger partial charge in [0, 0.05) is 16.9 Å². The highest BCUT2D eigenvalue weighted by atomic mass is 35.5. The second-order valence-electron chi connectivity index (χ2n) is 6.89. The van der Waals surface area contributed by atoms with Gasteiger partial charge < -0.3 is 20.1 Å². The number of hydrogen-bond donors (Lipinski definition) is 3. The molecule has 35 heavy (non-hydrogen) atoms. The fourth-order valence-corrected chi connectivity index (χ4v) is 3.00. The number of anilines is 2. The summed E-state index contributed by atoms with van der Waals surface area (Å²) in [6, 6.07) is 17.9. The Morgan fingerprint density at radius 2 is 1.60 bits per heavy atom. The molecule has 9 nitrogen and oxygen atoms in total. The number of amides is 3. The SMILES string of the molecule is COc1ccc(NC(=O)C(=O)N/N=C\c2ccccc2OCC(=O)Nc2ccc(Cl)c(Cl)c2)cc1. The monoisotopic (exact) mass is 514 g/mol. The predicted octanol–water partition coefficient (Wildman–Crippen LogP) is 4.11. The Morgan fingerprint density at radius 1 is 0.886 bits per heavy atom. The maximum atomic E-state index is 12.2. The minimum absolute atomic E-state index is 0.290. The van der Waals surface area contributed by atoms with Gasteiger partial charge in [-0.3, -0.25) is 14.4 Å². The van der Waals surface area contributed by atoms with Gasteiger partial charge in [0.2, 0.25) is 0 Å². The van der Waals surface area contributed by atoms with E-state index in [-0.39, 0.29) is 6.61 Å². The van der Waals surface area contributed by atoms with Crippen molar-refractivity contribution in [2.24, 2.45) is 5.10 Å². The van der Waals surface area contributed by atoms with E-state index in [2.05, 4.69) is 21.2 Å². The van der Waals surface area contributed by atoms with E-state index in [1.807, 2.05) is 0 Å². The molecule has 3 amide bonds. The van der Waals surface area contributed by atoms with Crippen LogP contribution in [0.3, 0.4) is 0 Å². The number of hydrazone groups is 1. The minimum atomic E-state index is -0.962. The number of hydrogen-bond acceptors (Lipinski definition) is 6. The molecule has 3 rings (SSSR count). The van der Waals surface area contributed by atoms with Crippen molar-refractivity contribution >= 4 is 58.5 Å². The Hall–Kier alpha value is -4.08. The number of carbonyl (C=O) groups excluding carboxylic acids is 3. The predicted molar refractivity (Wildman–Crippen MR) is 134 cm³/mol. The quantitative estimate of drug-likeness (QED) is 0.237. The van der Waals surface area contributed by atoms with Crippen LogP contribution in [-0.4, -0.2) is 37.7 Å². The summed E-state index contributed by atoms with van der Waals surface area (Å²) in [5.41, 5.74) is 3.52. The molecule has 0 aromatic heterocycles. The van der Waals surface area contributed by atoms with Gasteiger partial charge in [0.1, 0.15) is 11.5 Å². The van der Waals surface area contributed by atoms with E-state index in [9.17, 15) is 14.4 Å². The first-order chi connectivity index (χ1) is 16.9. The summed E-state index contributed by atoms with van der Waals surface area (Å²) >= 11 is 11.8. The average molecular weight is 515 g/mol. The van der Waals surface area contributed by atoms with Gasteiger partial charge in [-0.1, -0.05) is 35.3 Å². The van der Waals surface area contributed by atoms with Gasteiger partial charge in [0.25, 0.3) is 5.91 Å². The molecule has 0 bridgehead atoms. The van der Waals surface area contributed by atoms with Gasteiger partial charge in [-0.15, -0.1) is 0 Å². The third-order valence-corrected chi connectivity index (χ3v) is 5.14. The number of nitrogens with zero attached hydrogens (tertiary/aromatic N) is 1. The molecule has 11 heteroatoms. The lowest BCUT2D eigenvalue weighted by molar-refractivity contribution is -0.136. The maximum Gasteiger partial charge on any atom is 0.329 e. The van der Waals surface area contributed by atoms with Crippen molar-refractivity contribution in [3.05, 3.63) is 82.3 Å². The smallest absolute Gasteiger partial charge is 0.329 e. The summed E-state index contributed by atoms with van der Waals surface area (Å²) in [7, 11) is 1.52. The van der Waals surface area contributed by atoms with Crippen LogP contribution in [0.1, 0.15) is 5.56 Å². The summed E-state index contributed by atoms with van der Waals surface area (Å²) < 4.78 is 10.6. The van der Waals surface area contributed by atoms with Crippen LogP contribution in [0.4, 0.5) is 11.4 Å². The van der Waals surface area contributed by atoms with E-state index >= 15 is 0 Å². The van der Waals surface area contributed by atoms with E-state index in [1.165, 1.54) is 19.4 Å². The van der Waals surface area contributed by atoms with E-state index in [0.717, 1.165) is 0 Å². The summed E-state index contributed by atoms with van der Waals surface area (Å²) in [5.74, 6) is -1.31. The number of carbonyl (C=O) groups is 3. The van der Waals surface area contributed by atoms with E-state index in [4.69, 9.17) is 32.7 Å². The highest BCUT2D eigenvalue weighted by Crippen LogP contribution is 2.25. The molecule has 0 radical (unpaired) electrons. The van der Waals surface area contributed by atoms with Crippen molar-refractivity contribution in [2.75, 3.05) is 24.4 Å². The van der Waals surface area contributed by atoms with Crippen LogP contribution < -0.4 is 25.5 Å². The maximum absolute atomic E-state index is 12.2. The Bertz CT molecular complexity index is 1250. The standard InChI is InChI=1S/C24H20Cl2N4O5/c1-34-18-9-6-16(7-10-18)29-23(32)24(33)30-27-13-15-4-2-3-5-21(15)35-14-22(31)28-17-8-11-19(25)20(26)12-17/h2-13H,14H2,1H3,(H,28,31)(H,29,32)(H,30,33)/b27-13-. The number of nitrogens with one attached hydrogen (secondary N) is 3. The fraction of sp³-hybridized carbons (Fsp3) is 0.0833. The zero-order valence-electron chi connectivity index (χ0n) is 18.4. The topological polar surface area (TPSA) is 118 Å². The van der Waals surface area contributed by atoms with Crippen LogP contribution >= 0.6 is 23.2 Å². The Kier molecular flexibility index (Phi) is 9.05. The van der Waals surface area contributed by atoms with Gasteiger partial charge in [0.05, 0.1) is 23.4 Å². The summed E-state index contributed by atoms with van der Waals surface area (Å²) in [6.45, 7) is -0.290. The molecule has 0 saturated heterocycles. The van der Waals surface area contributed by atoms with E-state index in [1.54, 1.807) is 60.7 Å². The number of ether oxygens (including phenoxy) is 2. The van der Waals surface area contributed by atoms with Gasteiger partial charge in [0.15, 0.2) is 6.61 Å². The van der Waals surface area contributed by atoms with Crippen LogP contribution in [0.2, 0.25) is 10.0 Å². The first kappa shape index (κ1) is 25.5. The second-order valence-corrected chi connectivity index (χ2v) is 7.70. The number of para-hydroxylation sites is 1. The van der Waals surface area contributed by atoms with Crippen LogP contribution in [0, 0.1) is 0 Å². The van der Waals surface area contributed by atoms with Gasteiger partial charge in [-0.25, -0.2) is 5.43 Å². The van der Waals surface area contributed by atoms with Crippen LogP contribution in [-0.2, 0) is 14.4 Å². The van der Waals surface area contributed by atoms with Crippen molar-refractivity contribution in [3.8, 4) is 11.5 Å². The lowest BCUT2D eigenvalue weighted by Gasteiger charge is -2.10. The second kappa shape index (κ2) is 12.4. The highest BCUT2D eigenvalue weighted by molar-refractivity contribution is 6.42. The lowest BCUT2D eigenvalue weighted by atomic mass is 10.2. The third kappa shape index (κ3) is 7.73. The molecular formula is C24H20Cl2N4O5.